The molecule has 0 atom stereocenters. The number of aromatic nitrogens is 7. The number of halogens is 1. The maximum absolute atomic E-state index is 6.53. The van der Waals surface area contributed by atoms with Crippen LogP contribution in [0.2, 0.25) is 5.02 Å². The second-order valence-electron chi connectivity index (χ2n) is 8.54. The van der Waals surface area contributed by atoms with E-state index in [9.17, 15) is 0 Å². The average Bonchev–Trinajstić information content (AvgIpc) is 3.28. The third-order valence-electron chi connectivity index (χ3n) is 6.40. The number of rotatable bonds is 5. The van der Waals surface area contributed by atoms with Gasteiger partial charge < -0.3 is 19.7 Å². The van der Waals surface area contributed by atoms with Crippen molar-refractivity contribution in [1.82, 2.24) is 34.5 Å². The topological polar surface area (TPSA) is 115 Å². The van der Waals surface area contributed by atoms with Gasteiger partial charge in [0.15, 0.2) is 11.5 Å². The Morgan fingerprint density at radius 3 is 2.80 bits per heavy atom. The number of anilines is 3. The van der Waals surface area contributed by atoms with Crippen LogP contribution in [-0.2, 0) is 4.74 Å². The Labute approximate surface area is 203 Å². The summed E-state index contributed by atoms with van der Waals surface area (Å²) in [6, 6.07) is 9.02. The first kappa shape index (κ1) is 20.3. The number of hydrogen-bond donors (Lipinski definition) is 1. The molecule has 0 saturated carbocycles. The van der Waals surface area contributed by atoms with Crippen LogP contribution in [0.1, 0.15) is 6.42 Å². The lowest BCUT2D eigenvalue weighted by Crippen LogP contribution is -2.71. The molecule has 4 aromatic heterocycles. The maximum atomic E-state index is 6.53. The first-order valence-electron chi connectivity index (χ1n) is 11.0. The Balaban J connectivity index is 1.15. The van der Waals surface area contributed by atoms with Crippen molar-refractivity contribution in [1.29, 1.82) is 0 Å². The molecule has 11 nitrogen and oxygen atoms in total. The summed E-state index contributed by atoms with van der Waals surface area (Å²) in [7, 11) is 0. The summed E-state index contributed by atoms with van der Waals surface area (Å²) in [5.74, 6) is 2.36. The lowest BCUT2D eigenvalue weighted by molar-refractivity contribution is -0.0855. The smallest absolute Gasteiger partial charge is 0.226 e. The summed E-state index contributed by atoms with van der Waals surface area (Å²) in [6.07, 6.45) is 7.56. The molecular formula is C23H18ClN9O2. The monoisotopic (exact) mass is 487 g/mol. The van der Waals surface area contributed by atoms with Crippen molar-refractivity contribution in [2.45, 2.75) is 12.0 Å². The largest absolute Gasteiger partial charge is 0.456 e. The van der Waals surface area contributed by atoms with Crippen molar-refractivity contribution in [2.75, 3.05) is 30.0 Å². The molecule has 7 rings (SSSR count). The molecule has 6 heterocycles. The Kier molecular flexibility index (Phi) is 4.48. The van der Waals surface area contributed by atoms with Crippen molar-refractivity contribution in [3.05, 3.63) is 60.4 Å². The molecule has 2 aliphatic heterocycles. The molecule has 2 fully saturated rings. The Bertz CT molecular complexity index is 1580. The summed E-state index contributed by atoms with van der Waals surface area (Å²) in [5.41, 5.74) is 2.75. The van der Waals surface area contributed by atoms with Gasteiger partial charge in [0.2, 0.25) is 5.95 Å². The molecule has 0 bridgehead atoms. The predicted molar refractivity (Wildman–Crippen MR) is 128 cm³/mol. The van der Waals surface area contributed by atoms with Crippen molar-refractivity contribution in [3.63, 3.8) is 0 Å². The van der Waals surface area contributed by atoms with Gasteiger partial charge in [-0.2, -0.15) is 5.10 Å². The molecule has 1 N–H and O–H groups in total. The van der Waals surface area contributed by atoms with E-state index in [0.717, 1.165) is 18.7 Å². The molecule has 0 radical (unpaired) electrons. The van der Waals surface area contributed by atoms with Crippen LogP contribution in [0.25, 0.3) is 16.7 Å². The highest BCUT2D eigenvalue weighted by Gasteiger charge is 2.52. The molecule has 174 valence electrons. The maximum Gasteiger partial charge on any atom is 0.226 e. The predicted octanol–water partition coefficient (Wildman–Crippen LogP) is 3.63. The molecule has 0 unspecified atom stereocenters. The third kappa shape index (κ3) is 3.39. The van der Waals surface area contributed by atoms with E-state index < -0.39 is 0 Å². The molecule has 2 aliphatic rings. The Hall–Kier alpha value is -4.09. The van der Waals surface area contributed by atoms with Gasteiger partial charge in [-0.05, 0) is 30.7 Å². The molecule has 0 amide bonds. The standard InChI is InChI=1S/C23H18ClN9O2/c24-16-7-14(1-2-18(16)35-15-3-5-33-19(8-15)27-13-29-33)30-21-20-17(26-12-28-21)9-25-22(31-20)32-6-4-23(32)10-34-11-23/h1-3,5,7-9,12-13H,4,6,10-11H2,(H,26,28,30). The van der Waals surface area contributed by atoms with Crippen LogP contribution in [0.15, 0.2) is 55.4 Å². The van der Waals surface area contributed by atoms with E-state index in [4.69, 9.17) is 26.1 Å². The van der Waals surface area contributed by atoms with Crippen molar-refractivity contribution in [2.24, 2.45) is 0 Å². The fourth-order valence-corrected chi connectivity index (χ4v) is 4.56. The fourth-order valence-electron chi connectivity index (χ4n) is 4.34. The van der Waals surface area contributed by atoms with Crippen LogP contribution in [-0.4, -0.2) is 59.8 Å². The summed E-state index contributed by atoms with van der Waals surface area (Å²) in [4.78, 5) is 24.4. The molecular weight excluding hydrogens is 470 g/mol. The summed E-state index contributed by atoms with van der Waals surface area (Å²) in [5, 5.41) is 7.83. The number of benzene rings is 1. The van der Waals surface area contributed by atoms with Gasteiger partial charge in [-0.25, -0.2) is 29.4 Å². The SMILES string of the molecule is Clc1cc(Nc2ncnc3cnc(N4CCC45COC5)nc23)ccc1Oc1ccn2ncnc2c1. The minimum Gasteiger partial charge on any atom is -0.456 e. The number of pyridine rings is 1. The van der Waals surface area contributed by atoms with E-state index in [0.29, 0.717) is 58.2 Å². The summed E-state index contributed by atoms with van der Waals surface area (Å²) in [6.45, 7) is 2.33. The van der Waals surface area contributed by atoms with E-state index in [-0.39, 0.29) is 5.54 Å². The highest BCUT2D eigenvalue weighted by molar-refractivity contribution is 6.32. The van der Waals surface area contributed by atoms with Gasteiger partial charge in [-0.15, -0.1) is 0 Å². The minimum atomic E-state index is 0.0406. The highest BCUT2D eigenvalue weighted by Crippen LogP contribution is 2.40. The molecule has 1 aromatic carbocycles. The third-order valence-corrected chi connectivity index (χ3v) is 6.69. The molecule has 0 aliphatic carbocycles. The van der Waals surface area contributed by atoms with Gasteiger partial charge in [-0.1, -0.05) is 11.6 Å². The molecule has 1 spiro atoms. The number of nitrogens with one attached hydrogen (secondary N) is 1. The van der Waals surface area contributed by atoms with E-state index in [1.165, 1.54) is 12.7 Å². The van der Waals surface area contributed by atoms with Gasteiger partial charge in [0.05, 0.1) is 30.0 Å². The van der Waals surface area contributed by atoms with Gasteiger partial charge in [-0.3, -0.25) is 0 Å². The Morgan fingerprint density at radius 1 is 1.06 bits per heavy atom. The highest BCUT2D eigenvalue weighted by atomic mass is 35.5. The normalized spacial score (nSPS) is 16.3. The first-order chi connectivity index (χ1) is 17.2. The van der Waals surface area contributed by atoms with Crippen LogP contribution in [0.5, 0.6) is 11.5 Å². The molecule has 2 saturated heterocycles. The fraction of sp³-hybridized carbons (Fsp3) is 0.217. The zero-order valence-electron chi connectivity index (χ0n) is 18.3. The van der Waals surface area contributed by atoms with Crippen molar-refractivity contribution < 1.29 is 9.47 Å². The van der Waals surface area contributed by atoms with Gasteiger partial charge in [0, 0.05) is 24.5 Å². The van der Waals surface area contributed by atoms with Crippen molar-refractivity contribution >= 4 is 45.7 Å². The second kappa shape index (κ2) is 7.72. The van der Waals surface area contributed by atoms with Crippen LogP contribution < -0.4 is 15.0 Å². The van der Waals surface area contributed by atoms with Crippen molar-refractivity contribution in [3.8, 4) is 11.5 Å². The molecule has 35 heavy (non-hydrogen) atoms. The average molecular weight is 488 g/mol. The number of nitrogens with zero attached hydrogens (tertiary/aromatic N) is 8. The van der Waals surface area contributed by atoms with Gasteiger partial charge in [0.25, 0.3) is 0 Å². The zero-order chi connectivity index (χ0) is 23.4. The van der Waals surface area contributed by atoms with Crippen LogP contribution in [0.3, 0.4) is 0 Å². The Morgan fingerprint density at radius 2 is 2.00 bits per heavy atom. The lowest BCUT2D eigenvalue weighted by atomic mass is 9.83. The van der Waals surface area contributed by atoms with Gasteiger partial charge >= 0.3 is 0 Å². The number of ether oxygens (including phenoxy) is 2. The van der Waals surface area contributed by atoms with Crippen LogP contribution in [0.4, 0.5) is 17.5 Å². The van der Waals surface area contributed by atoms with E-state index in [1.807, 2.05) is 6.07 Å². The quantitative estimate of drug-likeness (QED) is 0.394. The minimum absolute atomic E-state index is 0.0406. The van der Waals surface area contributed by atoms with Gasteiger partial charge in [0.1, 0.15) is 35.2 Å². The summed E-state index contributed by atoms with van der Waals surface area (Å²) < 4.78 is 13.0. The lowest BCUT2D eigenvalue weighted by Gasteiger charge is -2.57. The number of hydrogen-bond acceptors (Lipinski definition) is 10. The van der Waals surface area contributed by atoms with Crippen LogP contribution >= 0.6 is 11.6 Å². The van der Waals surface area contributed by atoms with E-state index in [1.54, 1.807) is 41.2 Å². The summed E-state index contributed by atoms with van der Waals surface area (Å²) >= 11 is 6.53. The molecule has 5 aromatic rings. The number of fused-ring (bicyclic) bond motifs is 2. The van der Waals surface area contributed by atoms with E-state index >= 15 is 0 Å². The second-order valence-corrected chi connectivity index (χ2v) is 8.95. The zero-order valence-corrected chi connectivity index (χ0v) is 19.1. The molecule has 12 heteroatoms. The van der Waals surface area contributed by atoms with E-state index in [2.05, 4.69) is 35.3 Å². The first-order valence-corrected chi connectivity index (χ1v) is 11.4. The van der Waals surface area contributed by atoms with Crippen LogP contribution in [0, 0.1) is 0 Å².